The average Bonchev–Trinajstić information content (AvgIpc) is 3.13. The van der Waals surface area contributed by atoms with Gasteiger partial charge in [-0.3, -0.25) is 9.59 Å². The summed E-state index contributed by atoms with van der Waals surface area (Å²) in [5.74, 6) is -0.457. The number of benzene rings is 2. The third-order valence-corrected chi connectivity index (χ3v) is 5.36. The van der Waals surface area contributed by atoms with Crippen LogP contribution in [0.2, 0.25) is 0 Å². The normalized spacial score (nSPS) is 21.7. The lowest BCUT2D eigenvalue weighted by Gasteiger charge is -2.13. The predicted octanol–water partition coefficient (Wildman–Crippen LogP) is 3.17. The zero-order chi connectivity index (χ0) is 17.4. The van der Waals surface area contributed by atoms with Crippen molar-refractivity contribution in [3.63, 3.8) is 0 Å². The van der Waals surface area contributed by atoms with Crippen molar-refractivity contribution in [3.05, 3.63) is 64.6 Å². The zero-order valence-electron chi connectivity index (χ0n) is 13.6. The van der Waals surface area contributed by atoms with Crippen LogP contribution in [0.4, 0.5) is 11.4 Å². The molecule has 0 bridgehead atoms. The van der Waals surface area contributed by atoms with Crippen LogP contribution in [-0.4, -0.2) is 17.3 Å². The highest BCUT2D eigenvalue weighted by molar-refractivity contribution is 8.05. The van der Waals surface area contributed by atoms with Crippen LogP contribution in [-0.2, 0) is 16.0 Å². The summed E-state index contributed by atoms with van der Waals surface area (Å²) in [6, 6.07) is 15.5. The minimum atomic E-state index is -0.303. The summed E-state index contributed by atoms with van der Waals surface area (Å²) in [7, 11) is 0. The molecule has 1 atom stereocenters. The fourth-order valence-corrected chi connectivity index (χ4v) is 4.04. The molecule has 2 aliphatic heterocycles. The second-order valence-electron chi connectivity index (χ2n) is 5.87. The van der Waals surface area contributed by atoms with Gasteiger partial charge >= 0.3 is 0 Å². The van der Waals surface area contributed by atoms with Gasteiger partial charge in [0.05, 0.1) is 10.5 Å². The number of aryl methyl sites for hydroxylation is 1. The van der Waals surface area contributed by atoms with Gasteiger partial charge in [-0.05, 0) is 30.2 Å². The number of rotatable bonds is 3. The summed E-state index contributed by atoms with van der Waals surface area (Å²) in [6.07, 6.45) is 0.986. The highest BCUT2D eigenvalue weighted by Gasteiger charge is 2.36. The summed E-state index contributed by atoms with van der Waals surface area (Å²) < 4.78 is 0. The number of fused-ring (bicyclic) bond motifs is 1. The number of nitrogens with one attached hydrogen (secondary N) is 3. The number of hydrogen-bond donors (Lipinski definition) is 3. The summed E-state index contributed by atoms with van der Waals surface area (Å²) in [5.41, 5.74) is 3.85. The maximum atomic E-state index is 12.4. The van der Waals surface area contributed by atoms with Crippen LogP contribution in [0, 0.1) is 0 Å². The number of carbonyl (C=O) groups excluding carboxylic acids is 2. The second kappa shape index (κ2) is 6.29. The molecule has 3 N–H and O–H groups in total. The van der Waals surface area contributed by atoms with Crippen LogP contribution >= 0.6 is 11.8 Å². The van der Waals surface area contributed by atoms with Crippen molar-refractivity contribution in [2.45, 2.75) is 18.8 Å². The molecule has 0 aliphatic carbocycles. The van der Waals surface area contributed by atoms with E-state index in [0.29, 0.717) is 10.5 Å². The van der Waals surface area contributed by atoms with Crippen LogP contribution in [0.3, 0.4) is 0 Å². The maximum Gasteiger partial charge on any atom is 0.260 e. The predicted molar refractivity (Wildman–Crippen MR) is 101 cm³/mol. The molecule has 2 heterocycles. The Morgan fingerprint density at radius 2 is 1.80 bits per heavy atom. The lowest BCUT2D eigenvalue weighted by atomic mass is 10.1. The van der Waals surface area contributed by atoms with E-state index in [-0.39, 0.29) is 17.3 Å². The largest absolute Gasteiger partial charge is 0.357 e. The highest BCUT2D eigenvalue weighted by Crippen LogP contribution is 2.40. The first kappa shape index (κ1) is 15.8. The molecular formula is C19H17N3O2S. The van der Waals surface area contributed by atoms with Gasteiger partial charge in [-0.25, -0.2) is 0 Å². The molecule has 1 saturated heterocycles. The number of hydrogen-bond acceptors (Lipinski definition) is 4. The third-order valence-electron chi connectivity index (χ3n) is 4.26. The van der Waals surface area contributed by atoms with E-state index >= 15 is 0 Å². The molecule has 1 fully saturated rings. The first-order valence-corrected chi connectivity index (χ1v) is 9.01. The van der Waals surface area contributed by atoms with Crippen molar-refractivity contribution in [1.29, 1.82) is 0 Å². The molecule has 0 radical (unpaired) electrons. The lowest BCUT2D eigenvalue weighted by Crippen LogP contribution is -2.31. The minimum absolute atomic E-state index is 0.227. The molecular weight excluding hydrogens is 334 g/mol. The molecule has 4 rings (SSSR count). The average molecular weight is 351 g/mol. The van der Waals surface area contributed by atoms with Crippen LogP contribution in [0.5, 0.6) is 0 Å². The number of anilines is 2. The van der Waals surface area contributed by atoms with Crippen molar-refractivity contribution in [2.75, 3.05) is 10.6 Å². The standard InChI is InChI=1S/C19H17N3O2S/c1-2-11-7-9-12(10-8-11)20-19-22-18(24)16(25-19)15-13-5-3-4-6-14(13)21-17(15)23/h3-10,19-20H,2H2,1H3,(H,21,23)(H,22,24)/b16-15-/t19-/m0/s1. The van der Waals surface area contributed by atoms with Gasteiger partial charge in [-0.1, -0.05) is 49.0 Å². The van der Waals surface area contributed by atoms with Crippen molar-refractivity contribution in [1.82, 2.24) is 5.32 Å². The van der Waals surface area contributed by atoms with E-state index in [1.54, 1.807) is 0 Å². The molecule has 25 heavy (non-hydrogen) atoms. The van der Waals surface area contributed by atoms with Crippen molar-refractivity contribution in [3.8, 4) is 0 Å². The molecule has 0 unspecified atom stereocenters. The zero-order valence-corrected chi connectivity index (χ0v) is 14.4. The van der Waals surface area contributed by atoms with E-state index in [2.05, 4.69) is 35.0 Å². The highest BCUT2D eigenvalue weighted by atomic mass is 32.2. The van der Waals surface area contributed by atoms with Gasteiger partial charge in [0.2, 0.25) is 0 Å². The molecule has 0 spiro atoms. The summed E-state index contributed by atoms with van der Waals surface area (Å²) >= 11 is 1.34. The molecule has 6 heteroatoms. The topological polar surface area (TPSA) is 70.2 Å². The van der Waals surface area contributed by atoms with E-state index in [1.165, 1.54) is 17.3 Å². The molecule has 2 aromatic carbocycles. The lowest BCUT2D eigenvalue weighted by molar-refractivity contribution is -0.117. The van der Waals surface area contributed by atoms with Gasteiger partial charge in [0, 0.05) is 16.9 Å². The number of carbonyl (C=O) groups is 2. The van der Waals surface area contributed by atoms with E-state index in [9.17, 15) is 9.59 Å². The van der Waals surface area contributed by atoms with Crippen LogP contribution in [0.1, 0.15) is 18.1 Å². The van der Waals surface area contributed by atoms with Crippen molar-refractivity contribution < 1.29 is 9.59 Å². The summed E-state index contributed by atoms with van der Waals surface area (Å²) in [4.78, 5) is 25.2. The molecule has 2 aromatic rings. The smallest absolute Gasteiger partial charge is 0.260 e. The Morgan fingerprint density at radius 1 is 1.04 bits per heavy atom. The first-order valence-electron chi connectivity index (χ1n) is 8.13. The van der Waals surface area contributed by atoms with Crippen LogP contribution in [0.15, 0.2) is 53.4 Å². The minimum Gasteiger partial charge on any atom is -0.357 e. The molecule has 5 nitrogen and oxygen atoms in total. The van der Waals surface area contributed by atoms with Crippen molar-refractivity contribution in [2.24, 2.45) is 0 Å². The molecule has 0 saturated carbocycles. The van der Waals surface area contributed by atoms with E-state index in [4.69, 9.17) is 0 Å². The second-order valence-corrected chi connectivity index (χ2v) is 6.99. The first-order chi connectivity index (χ1) is 12.2. The Hall–Kier alpha value is -2.73. The monoisotopic (exact) mass is 351 g/mol. The summed E-state index contributed by atoms with van der Waals surface area (Å²) in [5, 5.41) is 8.98. The van der Waals surface area contributed by atoms with E-state index in [0.717, 1.165) is 23.4 Å². The van der Waals surface area contributed by atoms with Gasteiger partial charge in [-0.2, -0.15) is 0 Å². The molecule has 126 valence electrons. The van der Waals surface area contributed by atoms with Gasteiger partial charge in [0.15, 0.2) is 5.50 Å². The van der Waals surface area contributed by atoms with Crippen molar-refractivity contribution >= 4 is 40.5 Å². The Kier molecular flexibility index (Phi) is 3.97. The SMILES string of the molecule is CCc1ccc(N[C@H]2NC(=O)/C(=C3/C(=O)Nc4ccccc43)S2)cc1. The van der Waals surface area contributed by atoms with Crippen LogP contribution < -0.4 is 16.0 Å². The Morgan fingerprint density at radius 3 is 2.56 bits per heavy atom. The molecule has 2 amide bonds. The number of para-hydroxylation sites is 1. The Labute approximate surface area is 149 Å². The van der Waals surface area contributed by atoms with Gasteiger partial charge in [-0.15, -0.1) is 0 Å². The van der Waals surface area contributed by atoms with E-state index < -0.39 is 0 Å². The van der Waals surface area contributed by atoms with E-state index in [1.807, 2.05) is 36.4 Å². The Balaban J connectivity index is 1.59. The quantitative estimate of drug-likeness (QED) is 0.743. The molecule has 0 aromatic heterocycles. The van der Waals surface area contributed by atoms with Crippen LogP contribution in [0.25, 0.3) is 5.57 Å². The number of thioether (sulfide) groups is 1. The maximum absolute atomic E-state index is 12.4. The fraction of sp³-hybridized carbons (Fsp3) is 0.158. The Bertz CT molecular complexity index is 890. The fourth-order valence-electron chi connectivity index (χ4n) is 2.95. The number of amides is 2. The third kappa shape index (κ3) is 2.89. The van der Waals surface area contributed by atoms with Gasteiger partial charge < -0.3 is 16.0 Å². The van der Waals surface area contributed by atoms with Gasteiger partial charge in [0.1, 0.15) is 0 Å². The van der Waals surface area contributed by atoms with Gasteiger partial charge in [0.25, 0.3) is 11.8 Å². The summed E-state index contributed by atoms with van der Waals surface area (Å²) in [6.45, 7) is 2.11. The molecule has 2 aliphatic rings.